The maximum atomic E-state index is 12.5. The van der Waals surface area contributed by atoms with Gasteiger partial charge in [-0.05, 0) is 44.2 Å². The fraction of sp³-hybridized carbons (Fsp3) is 0.355. The van der Waals surface area contributed by atoms with Crippen LogP contribution in [0.4, 0.5) is 5.69 Å². The Kier molecular flexibility index (Phi) is 9.06. The van der Waals surface area contributed by atoms with E-state index in [1.54, 1.807) is 29.8 Å². The molecule has 0 atom stereocenters. The van der Waals surface area contributed by atoms with Crippen LogP contribution in [0.5, 0.6) is 0 Å². The van der Waals surface area contributed by atoms with Crippen molar-refractivity contribution in [2.45, 2.75) is 44.4 Å². The average molecular weight is 595 g/mol. The molecule has 10 heteroatoms. The number of esters is 1. The summed E-state index contributed by atoms with van der Waals surface area (Å²) in [6.07, 6.45) is 0. The topological polar surface area (TPSA) is 103 Å². The fourth-order valence-corrected chi connectivity index (χ4v) is 6.27. The first-order valence-corrected chi connectivity index (χ1v) is 18.9. The third-order valence-corrected chi connectivity index (χ3v) is 9.76. The first-order chi connectivity index (χ1) is 19.3. The van der Waals surface area contributed by atoms with Crippen molar-refractivity contribution >= 4 is 40.8 Å². The van der Waals surface area contributed by atoms with E-state index in [0.717, 1.165) is 30.2 Å². The largest absolute Gasteiger partial charge is 0.744 e. The minimum Gasteiger partial charge on any atom is -0.744 e. The molecule has 0 amide bonds. The summed E-state index contributed by atoms with van der Waals surface area (Å²) in [5.41, 5.74) is 3.09. The Morgan fingerprint density at radius 1 is 1.00 bits per heavy atom. The molecule has 0 radical (unpaired) electrons. The Labute approximate surface area is 243 Å². The zero-order valence-electron chi connectivity index (χ0n) is 24.6. The van der Waals surface area contributed by atoms with Crippen molar-refractivity contribution in [2.75, 3.05) is 38.2 Å². The molecule has 0 saturated carbocycles. The summed E-state index contributed by atoms with van der Waals surface area (Å²) >= 11 is 0. The van der Waals surface area contributed by atoms with Gasteiger partial charge in [0, 0.05) is 61.1 Å². The van der Waals surface area contributed by atoms with Gasteiger partial charge in [-0.3, -0.25) is 0 Å². The van der Waals surface area contributed by atoms with Crippen molar-refractivity contribution in [3.63, 3.8) is 0 Å². The van der Waals surface area contributed by atoms with Crippen LogP contribution in [0.3, 0.4) is 0 Å². The van der Waals surface area contributed by atoms with E-state index in [0.29, 0.717) is 40.0 Å². The second kappa shape index (κ2) is 12.2. The monoisotopic (exact) mass is 594 g/mol. The highest BCUT2D eigenvalue weighted by molar-refractivity contribution is 7.85. The van der Waals surface area contributed by atoms with E-state index in [9.17, 15) is 17.8 Å². The van der Waals surface area contributed by atoms with Crippen molar-refractivity contribution in [2.24, 2.45) is 0 Å². The normalized spacial score (nSPS) is 13.0. The zero-order valence-corrected chi connectivity index (χ0v) is 26.4. The minimum absolute atomic E-state index is 0.0704. The Hall–Kier alpha value is -3.47. The summed E-state index contributed by atoms with van der Waals surface area (Å²) in [4.78, 5) is 14.4. The maximum absolute atomic E-state index is 12.5. The summed E-state index contributed by atoms with van der Waals surface area (Å²) in [5, 5.41) is 1.43. The SMILES string of the molecule is CCN(CC)c1ccc2c(-c3ccccc3S(=O)(=O)[O-])c3ccc(=[N+](C)CC(=O)OCC[Si](C)(C)C)cc-3oc2c1. The Morgan fingerprint density at radius 3 is 2.37 bits per heavy atom. The van der Waals surface area contributed by atoms with E-state index in [4.69, 9.17) is 9.15 Å². The Bertz CT molecular complexity index is 1720. The van der Waals surface area contributed by atoms with Gasteiger partial charge < -0.3 is 18.6 Å². The van der Waals surface area contributed by atoms with Gasteiger partial charge in [-0.15, -0.1) is 0 Å². The van der Waals surface area contributed by atoms with Crippen molar-refractivity contribution in [3.05, 3.63) is 66.0 Å². The lowest BCUT2D eigenvalue weighted by atomic mass is 9.93. The molecule has 1 aliphatic carbocycles. The van der Waals surface area contributed by atoms with Gasteiger partial charge in [0.25, 0.3) is 0 Å². The number of carbonyl (C=O) groups excluding carboxylic acids is 1. The average Bonchev–Trinajstić information content (AvgIpc) is 2.90. The molecule has 0 saturated heterocycles. The molecule has 0 fully saturated rings. The molecule has 0 N–H and O–H groups in total. The lowest BCUT2D eigenvalue weighted by Gasteiger charge is -2.23. The van der Waals surface area contributed by atoms with Crippen LogP contribution in [-0.4, -0.2) is 60.3 Å². The van der Waals surface area contributed by atoms with Gasteiger partial charge in [0.2, 0.25) is 11.9 Å². The van der Waals surface area contributed by atoms with E-state index in [-0.39, 0.29) is 17.4 Å². The third-order valence-electron chi connectivity index (χ3n) is 7.17. The molecule has 41 heavy (non-hydrogen) atoms. The highest BCUT2D eigenvalue weighted by atomic mass is 32.2. The van der Waals surface area contributed by atoms with Crippen molar-refractivity contribution in [1.29, 1.82) is 0 Å². The van der Waals surface area contributed by atoms with Gasteiger partial charge in [0.15, 0.2) is 0 Å². The molecule has 8 nitrogen and oxygen atoms in total. The number of fused-ring (bicyclic) bond motifs is 2. The molecule has 1 heterocycles. The summed E-state index contributed by atoms with van der Waals surface area (Å²) in [5.74, 6) is 0.194. The molecule has 2 aliphatic rings. The van der Waals surface area contributed by atoms with Crippen LogP contribution in [-0.2, 0) is 19.6 Å². The summed E-state index contributed by atoms with van der Waals surface area (Å²) in [6, 6.07) is 18.5. The molecule has 2 aromatic rings. The van der Waals surface area contributed by atoms with Crippen molar-refractivity contribution in [1.82, 2.24) is 4.58 Å². The number of anilines is 1. The quantitative estimate of drug-likeness (QED) is 0.0814. The zero-order chi connectivity index (χ0) is 29.9. The van der Waals surface area contributed by atoms with E-state index < -0.39 is 18.2 Å². The molecule has 0 unspecified atom stereocenters. The van der Waals surface area contributed by atoms with E-state index in [2.05, 4.69) is 38.4 Å². The van der Waals surface area contributed by atoms with Crippen LogP contribution >= 0.6 is 0 Å². The summed E-state index contributed by atoms with van der Waals surface area (Å²) in [6.45, 7) is 13.0. The highest BCUT2D eigenvalue weighted by Crippen LogP contribution is 2.42. The standard InChI is InChI=1S/C31H38N2O6SSi/c1-7-33(8-2)23-14-16-25-28(20-23)39-27-19-22(32(3)21-30(34)38-17-18-41(4,5)6)13-15-24(27)31(25)26-11-9-10-12-29(26)40(35,36)37/h9-16,19-20H,7-8,17-18,21H2,1-6H3. The van der Waals surface area contributed by atoms with Gasteiger partial charge in [0.05, 0.1) is 17.6 Å². The van der Waals surface area contributed by atoms with Crippen LogP contribution in [0.15, 0.2) is 70.0 Å². The minimum atomic E-state index is -4.75. The second-order valence-corrected chi connectivity index (χ2v) is 18.3. The van der Waals surface area contributed by atoms with E-state index >= 15 is 0 Å². The molecule has 4 rings (SSSR count). The Morgan fingerprint density at radius 2 is 1.71 bits per heavy atom. The van der Waals surface area contributed by atoms with Gasteiger partial charge in [-0.25, -0.2) is 17.8 Å². The first-order valence-electron chi connectivity index (χ1n) is 13.8. The summed E-state index contributed by atoms with van der Waals surface area (Å²) < 4.78 is 50.5. The van der Waals surface area contributed by atoms with Crippen LogP contribution in [0, 0.1) is 0 Å². The van der Waals surface area contributed by atoms with Crippen LogP contribution < -0.4 is 14.8 Å². The van der Waals surface area contributed by atoms with Crippen molar-refractivity contribution in [3.8, 4) is 22.5 Å². The molecule has 218 valence electrons. The summed E-state index contributed by atoms with van der Waals surface area (Å²) in [7, 11) is -4.25. The van der Waals surface area contributed by atoms with Crippen LogP contribution in [0.25, 0.3) is 33.4 Å². The van der Waals surface area contributed by atoms with Gasteiger partial charge in [-0.1, -0.05) is 37.8 Å². The maximum Gasteiger partial charge on any atom is 0.372 e. The number of carbonyl (C=O) groups is 1. The van der Waals surface area contributed by atoms with E-state index in [1.165, 1.54) is 6.07 Å². The molecular weight excluding hydrogens is 557 g/mol. The number of likely N-dealkylation sites (N-methyl/N-ethyl adjacent to an activating group) is 1. The number of benzene rings is 3. The van der Waals surface area contributed by atoms with Gasteiger partial charge >= 0.3 is 5.97 Å². The first kappa shape index (κ1) is 30.5. The highest BCUT2D eigenvalue weighted by Gasteiger charge is 2.23. The lowest BCUT2D eigenvalue weighted by Crippen LogP contribution is -2.33. The predicted molar refractivity (Wildman–Crippen MR) is 165 cm³/mol. The number of nitrogens with zero attached hydrogens (tertiary/aromatic N) is 2. The number of rotatable bonds is 10. The number of hydrogen-bond donors (Lipinski definition) is 0. The second-order valence-electron chi connectivity index (χ2n) is 11.3. The van der Waals surface area contributed by atoms with Gasteiger partial charge in [-0.2, -0.15) is 0 Å². The molecule has 0 aromatic heterocycles. The number of ether oxygens (including phenoxy) is 1. The van der Waals surface area contributed by atoms with Crippen LogP contribution in [0.2, 0.25) is 25.7 Å². The lowest BCUT2D eigenvalue weighted by molar-refractivity contribution is -0.142. The molecule has 0 bridgehead atoms. The van der Waals surface area contributed by atoms with Crippen molar-refractivity contribution < 1.29 is 26.9 Å². The number of hydrogen-bond acceptors (Lipinski definition) is 7. The third kappa shape index (κ3) is 7.06. The Balaban J connectivity index is 1.91. The van der Waals surface area contributed by atoms with Crippen LogP contribution in [0.1, 0.15) is 13.8 Å². The van der Waals surface area contributed by atoms with E-state index in [1.807, 2.05) is 36.4 Å². The molecule has 2 aromatic carbocycles. The fourth-order valence-electron chi connectivity index (χ4n) is 4.87. The predicted octanol–water partition coefficient (Wildman–Crippen LogP) is 5.24. The van der Waals surface area contributed by atoms with Gasteiger partial charge in [0.1, 0.15) is 28.5 Å². The molecular formula is C31H38N2O6SSi. The molecule has 1 aliphatic heterocycles. The smallest absolute Gasteiger partial charge is 0.372 e. The molecule has 0 spiro atoms.